The zero-order chi connectivity index (χ0) is 12.3. The second kappa shape index (κ2) is 4.89. The molecule has 0 bridgehead atoms. The molecule has 0 aromatic heterocycles. The number of nitriles is 1. The van der Waals surface area contributed by atoms with Crippen molar-refractivity contribution in [2.24, 2.45) is 0 Å². The van der Waals surface area contributed by atoms with E-state index in [-0.39, 0.29) is 20.4 Å². The summed E-state index contributed by atoms with van der Waals surface area (Å²) >= 11 is 1.71. The van der Waals surface area contributed by atoms with Gasteiger partial charge in [-0.1, -0.05) is 0 Å². The first kappa shape index (κ1) is 12.4. The Morgan fingerprint density at radius 2 is 2.25 bits per heavy atom. The zero-order valence-corrected chi connectivity index (χ0v) is 10.2. The Balaban J connectivity index is 3.48. The molecule has 0 radical (unpaired) electrons. The summed E-state index contributed by atoms with van der Waals surface area (Å²) in [6.45, 7) is 0. The minimum Gasteiger partial charge on any atom is -0.465 e. The summed E-state index contributed by atoms with van der Waals surface area (Å²) in [4.78, 5) is 21.2. The first-order chi connectivity index (χ1) is 7.52. The number of rotatable bonds is 2. The number of nitrogens with zero attached hydrogens (tertiary/aromatic N) is 2. The van der Waals surface area contributed by atoms with Crippen LogP contribution in [0, 0.1) is 25.0 Å². The van der Waals surface area contributed by atoms with E-state index < -0.39 is 10.9 Å². The summed E-state index contributed by atoms with van der Waals surface area (Å²) in [7, 11) is 1.20. The molecule has 0 heterocycles. The van der Waals surface area contributed by atoms with Gasteiger partial charge in [-0.2, -0.15) is 5.26 Å². The van der Waals surface area contributed by atoms with Crippen molar-refractivity contribution < 1.29 is 14.5 Å². The number of hydrogen-bond acceptors (Lipinski definition) is 5. The number of benzene rings is 1. The molecule has 0 amide bonds. The fourth-order valence-corrected chi connectivity index (χ4v) is 1.89. The molecule has 0 aliphatic heterocycles. The molecule has 82 valence electrons. The molecule has 7 heteroatoms. The number of methoxy groups -OCH3 is 1. The molecule has 6 nitrogen and oxygen atoms in total. The van der Waals surface area contributed by atoms with Gasteiger partial charge in [0.05, 0.1) is 21.2 Å². The third-order valence-electron chi connectivity index (χ3n) is 1.83. The second-order valence-corrected chi connectivity index (χ2v) is 3.76. The summed E-state index contributed by atoms with van der Waals surface area (Å²) in [5.41, 5.74) is -0.307. The van der Waals surface area contributed by atoms with Gasteiger partial charge in [-0.25, -0.2) is 4.79 Å². The fourth-order valence-electron chi connectivity index (χ4n) is 1.09. The van der Waals surface area contributed by atoms with Crippen molar-refractivity contribution >= 4 is 34.2 Å². The van der Waals surface area contributed by atoms with Crippen LogP contribution in [0.5, 0.6) is 0 Å². The van der Waals surface area contributed by atoms with E-state index in [9.17, 15) is 14.9 Å². The van der Waals surface area contributed by atoms with E-state index in [0.717, 1.165) is 6.07 Å². The standard InChI is InChI=1S/C9H5IN2O4/c1-16-9(13)5-2-3-7(12(14)15)6(4-11)8(5)10/h2-3H,1H3. The maximum Gasteiger partial charge on any atom is 0.338 e. The molecule has 0 fully saturated rings. The number of ether oxygens (including phenoxy) is 1. The predicted molar refractivity (Wildman–Crippen MR) is 61.9 cm³/mol. The first-order valence-electron chi connectivity index (χ1n) is 3.98. The van der Waals surface area contributed by atoms with Crippen LogP contribution in [-0.2, 0) is 4.74 Å². The normalized spacial score (nSPS) is 9.31. The van der Waals surface area contributed by atoms with E-state index in [1.807, 2.05) is 0 Å². The van der Waals surface area contributed by atoms with Crippen molar-refractivity contribution in [3.63, 3.8) is 0 Å². The summed E-state index contributed by atoms with van der Waals surface area (Å²) in [6.07, 6.45) is 0. The van der Waals surface area contributed by atoms with Crippen molar-refractivity contribution in [3.05, 3.63) is 36.9 Å². The van der Waals surface area contributed by atoms with Crippen LogP contribution in [0.1, 0.15) is 15.9 Å². The third kappa shape index (κ3) is 2.11. The molecule has 0 aliphatic rings. The summed E-state index contributed by atoms with van der Waals surface area (Å²) in [5, 5.41) is 19.4. The molecule has 1 aromatic rings. The van der Waals surface area contributed by atoms with Gasteiger partial charge in [-0.3, -0.25) is 10.1 Å². The molecule has 0 unspecified atom stereocenters. The van der Waals surface area contributed by atoms with Crippen LogP contribution < -0.4 is 0 Å². The van der Waals surface area contributed by atoms with Crippen molar-refractivity contribution in [3.8, 4) is 6.07 Å². The quantitative estimate of drug-likeness (QED) is 0.357. The van der Waals surface area contributed by atoms with Crippen LogP contribution in [0.2, 0.25) is 0 Å². The van der Waals surface area contributed by atoms with Crippen LogP contribution in [0.4, 0.5) is 5.69 Å². The Labute approximate surface area is 104 Å². The van der Waals surface area contributed by atoms with E-state index in [4.69, 9.17) is 5.26 Å². The number of halogens is 1. The second-order valence-electron chi connectivity index (χ2n) is 2.68. The number of esters is 1. The highest BCUT2D eigenvalue weighted by atomic mass is 127. The maximum atomic E-state index is 11.3. The van der Waals surface area contributed by atoms with Crippen molar-refractivity contribution in [1.82, 2.24) is 0 Å². The Bertz CT molecular complexity index is 507. The fraction of sp³-hybridized carbons (Fsp3) is 0.111. The summed E-state index contributed by atoms with van der Waals surface area (Å²) < 4.78 is 4.72. The number of carbonyl (C=O) groups excluding carboxylic acids is 1. The SMILES string of the molecule is COC(=O)c1ccc([N+](=O)[O-])c(C#N)c1I. The largest absolute Gasteiger partial charge is 0.465 e. The molecule has 0 atom stereocenters. The van der Waals surface area contributed by atoms with Crippen LogP contribution >= 0.6 is 22.6 Å². The van der Waals surface area contributed by atoms with E-state index in [1.54, 1.807) is 28.7 Å². The molecular weight excluding hydrogens is 327 g/mol. The van der Waals surface area contributed by atoms with Crippen LogP contribution in [-0.4, -0.2) is 18.0 Å². The van der Waals surface area contributed by atoms with E-state index >= 15 is 0 Å². The molecule has 1 aromatic carbocycles. The lowest BCUT2D eigenvalue weighted by Gasteiger charge is -2.04. The number of carbonyl (C=O) groups is 1. The number of nitro benzene ring substituents is 1. The van der Waals surface area contributed by atoms with Crippen LogP contribution in [0.15, 0.2) is 12.1 Å². The average molecular weight is 332 g/mol. The van der Waals surface area contributed by atoms with Gasteiger partial charge in [0.2, 0.25) is 0 Å². The monoisotopic (exact) mass is 332 g/mol. The van der Waals surface area contributed by atoms with Gasteiger partial charge in [0.15, 0.2) is 0 Å². The van der Waals surface area contributed by atoms with Gasteiger partial charge in [-0.05, 0) is 28.7 Å². The Hall–Kier alpha value is -1.69. The molecule has 0 saturated carbocycles. The summed E-state index contributed by atoms with van der Waals surface area (Å²) in [6, 6.07) is 4.10. The predicted octanol–water partition coefficient (Wildman–Crippen LogP) is 1.86. The number of nitro groups is 1. The molecule has 0 spiro atoms. The van der Waals surface area contributed by atoms with E-state index in [2.05, 4.69) is 4.74 Å². The Morgan fingerprint density at radius 1 is 1.62 bits per heavy atom. The molecule has 0 aliphatic carbocycles. The lowest BCUT2D eigenvalue weighted by atomic mass is 10.1. The topological polar surface area (TPSA) is 93.2 Å². The first-order valence-corrected chi connectivity index (χ1v) is 5.06. The van der Waals surface area contributed by atoms with Gasteiger partial charge < -0.3 is 4.74 Å². The molecule has 0 N–H and O–H groups in total. The lowest BCUT2D eigenvalue weighted by Crippen LogP contribution is -2.06. The summed E-state index contributed by atoms with van der Waals surface area (Å²) in [5.74, 6) is -0.629. The smallest absolute Gasteiger partial charge is 0.338 e. The Morgan fingerprint density at radius 3 is 2.69 bits per heavy atom. The van der Waals surface area contributed by atoms with Crippen molar-refractivity contribution in [2.75, 3.05) is 7.11 Å². The van der Waals surface area contributed by atoms with Crippen LogP contribution in [0.25, 0.3) is 0 Å². The molecule has 16 heavy (non-hydrogen) atoms. The van der Waals surface area contributed by atoms with Gasteiger partial charge >= 0.3 is 5.97 Å². The average Bonchev–Trinajstić information content (AvgIpc) is 2.27. The minimum atomic E-state index is -0.665. The van der Waals surface area contributed by atoms with Gasteiger partial charge in [0, 0.05) is 6.07 Å². The lowest BCUT2D eigenvalue weighted by molar-refractivity contribution is -0.385. The third-order valence-corrected chi connectivity index (χ3v) is 2.95. The van der Waals surface area contributed by atoms with Gasteiger partial charge in [0.25, 0.3) is 5.69 Å². The van der Waals surface area contributed by atoms with Crippen molar-refractivity contribution in [1.29, 1.82) is 5.26 Å². The highest BCUT2D eigenvalue weighted by Crippen LogP contribution is 2.26. The van der Waals surface area contributed by atoms with E-state index in [1.165, 1.54) is 13.2 Å². The highest BCUT2D eigenvalue weighted by Gasteiger charge is 2.22. The van der Waals surface area contributed by atoms with Gasteiger partial charge in [-0.15, -0.1) is 0 Å². The highest BCUT2D eigenvalue weighted by molar-refractivity contribution is 14.1. The van der Waals surface area contributed by atoms with Gasteiger partial charge in [0.1, 0.15) is 11.6 Å². The number of hydrogen-bond donors (Lipinski definition) is 0. The maximum absolute atomic E-state index is 11.3. The molecular formula is C9H5IN2O4. The van der Waals surface area contributed by atoms with E-state index in [0.29, 0.717) is 0 Å². The zero-order valence-electron chi connectivity index (χ0n) is 8.06. The van der Waals surface area contributed by atoms with Crippen molar-refractivity contribution in [2.45, 2.75) is 0 Å². The molecule has 0 saturated heterocycles. The minimum absolute atomic E-state index is 0.131. The molecule has 1 rings (SSSR count). The van der Waals surface area contributed by atoms with Crippen LogP contribution in [0.3, 0.4) is 0 Å². The Kier molecular flexibility index (Phi) is 3.78.